The van der Waals surface area contributed by atoms with Gasteiger partial charge in [-0.05, 0) is 31.5 Å². The molecule has 1 N–H and O–H groups in total. The van der Waals surface area contributed by atoms with Crippen LogP contribution in [0.1, 0.15) is 35.4 Å². The molecule has 5 nitrogen and oxygen atoms in total. The summed E-state index contributed by atoms with van der Waals surface area (Å²) < 4.78 is 6.61. The smallest absolute Gasteiger partial charge is 0.355 e. The van der Waals surface area contributed by atoms with Crippen LogP contribution in [0.4, 0.5) is 0 Å². The van der Waals surface area contributed by atoms with Gasteiger partial charge in [0.15, 0.2) is 0 Å². The third kappa shape index (κ3) is 2.54. The van der Waals surface area contributed by atoms with Gasteiger partial charge in [0.25, 0.3) is 0 Å². The number of carbonyl (C=O) groups excluding carboxylic acids is 1. The van der Waals surface area contributed by atoms with Crippen molar-refractivity contribution in [1.82, 2.24) is 14.7 Å². The van der Waals surface area contributed by atoms with Gasteiger partial charge >= 0.3 is 5.97 Å². The second-order valence-electron chi connectivity index (χ2n) is 5.21. The highest BCUT2D eigenvalue weighted by Crippen LogP contribution is 2.15. The van der Waals surface area contributed by atoms with Gasteiger partial charge in [-0.1, -0.05) is 12.5 Å². The van der Waals surface area contributed by atoms with Crippen molar-refractivity contribution in [2.45, 2.75) is 31.7 Å². The van der Waals surface area contributed by atoms with E-state index in [2.05, 4.69) is 10.3 Å². The zero-order valence-electron chi connectivity index (χ0n) is 11.6. The topological polar surface area (TPSA) is 55.6 Å². The predicted molar refractivity (Wildman–Crippen MR) is 75.9 cm³/mol. The maximum Gasteiger partial charge on any atom is 0.355 e. The van der Waals surface area contributed by atoms with Crippen LogP contribution in [0.5, 0.6) is 0 Å². The van der Waals surface area contributed by atoms with Gasteiger partial charge in [-0.3, -0.25) is 4.40 Å². The summed E-state index contributed by atoms with van der Waals surface area (Å²) in [7, 11) is 1.39. The van der Waals surface area contributed by atoms with Gasteiger partial charge in [0.2, 0.25) is 0 Å². The fraction of sp³-hybridized carbons (Fsp3) is 0.467. The fourth-order valence-corrected chi connectivity index (χ4v) is 2.78. The Bertz CT molecular complexity index is 615. The molecule has 1 aliphatic heterocycles. The van der Waals surface area contributed by atoms with E-state index in [0.29, 0.717) is 11.7 Å². The van der Waals surface area contributed by atoms with Crippen LogP contribution in [0.15, 0.2) is 24.4 Å². The average Bonchev–Trinajstić information content (AvgIpc) is 2.89. The molecule has 0 spiro atoms. The molecule has 0 bridgehead atoms. The first-order valence-electron chi connectivity index (χ1n) is 7.06. The Morgan fingerprint density at radius 2 is 2.40 bits per heavy atom. The quantitative estimate of drug-likeness (QED) is 0.867. The normalized spacial score (nSPS) is 19.1. The molecule has 2 aromatic heterocycles. The van der Waals surface area contributed by atoms with E-state index < -0.39 is 0 Å². The Hall–Kier alpha value is -1.88. The van der Waals surface area contributed by atoms with E-state index in [1.54, 1.807) is 6.07 Å². The number of fused-ring (bicyclic) bond motifs is 1. The van der Waals surface area contributed by atoms with Crippen LogP contribution in [0, 0.1) is 0 Å². The zero-order valence-corrected chi connectivity index (χ0v) is 11.6. The molecule has 0 amide bonds. The van der Waals surface area contributed by atoms with Gasteiger partial charge in [0, 0.05) is 18.7 Å². The summed E-state index contributed by atoms with van der Waals surface area (Å²) >= 11 is 0. The number of methoxy groups -OCH3 is 1. The average molecular weight is 273 g/mol. The SMILES string of the molecule is COC(=O)c1cccc2nc(CC3CCCCN3)cn12. The molecule has 20 heavy (non-hydrogen) atoms. The first-order valence-corrected chi connectivity index (χ1v) is 7.06. The van der Waals surface area contributed by atoms with E-state index in [0.717, 1.165) is 24.3 Å². The van der Waals surface area contributed by atoms with Crippen LogP contribution in [-0.4, -0.2) is 35.1 Å². The van der Waals surface area contributed by atoms with Crippen molar-refractivity contribution < 1.29 is 9.53 Å². The number of nitrogens with zero attached hydrogens (tertiary/aromatic N) is 2. The van der Waals surface area contributed by atoms with Crippen molar-refractivity contribution in [3.63, 3.8) is 0 Å². The van der Waals surface area contributed by atoms with Gasteiger partial charge < -0.3 is 10.1 Å². The van der Waals surface area contributed by atoms with E-state index in [1.165, 1.54) is 26.4 Å². The lowest BCUT2D eigenvalue weighted by molar-refractivity contribution is 0.0592. The van der Waals surface area contributed by atoms with Gasteiger partial charge in [0.1, 0.15) is 11.3 Å². The number of hydrogen-bond donors (Lipinski definition) is 1. The highest BCUT2D eigenvalue weighted by Gasteiger charge is 2.16. The van der Waals surface area contributed by atoms with Gasteiger partial charge in [-0.2, -0.15) is 0 Å². The van der Waals surface area contributed by atoms with E-state index in [4.69, 9.17) is 4.74 Å². The molecule has 106 valence electrons. The molecule has 2 aromatic rings. The Balaban J connectivity index is 1.88. The fourth-order valence-electron chi connectivity index (χ4n) is 2.78. The predicted octanol–water partition coefficient (Wildman–Crippen LogP) is 1.81. The second kappa shape index (κ2) is 5.63. The summed E-state index contributed by atoms with van der Waals surface area (Å²) in [5.74, 6) is -0.338. The summed E-state index contributed by atoms with van der Waals surface area (Å²) in [6.07, 6.45) is 6.57. The van der Waals surface area contributed by atoms with E-state index in [-0.39, 0.29) is 5.97 Å². The molecule has 0 saturated carbocycles. The van der Waals surface area contributed by atoms with Crippen LogP contribution < -0.4 is 5.32 Å². The third-order valence-corrected chi connectivity index (χ3v) is 3.80. The summed E-state index contributed by atoms with van der Waals surface area (Å²) in [5.41, 5.74) is 2.32. The number of nitrogens with one attached hydrogen (secondary N) is 1. The molecule has 5 heteroatoms. The Labute approximate surface area is 118 Å². The minimum absolute atomic E-state index is 0.338. The number of pyridine rings is 1. The van der Waals surface area contributed by atoms with Crippen molar-refractivity contribution in [2.75, 3.05) is 13.7 Å². The molecule has 1 atom stereocenters. The number of carbonyl (C=O) groups is 1. The number of ether oxygens (including phenoxy) is 1. The molecule has 1 saturated heterocycles. The zero-order chi connectivity index (χ0) is 13.9. The summed E-state index contributed by atoms with van der Waals surface area (Å²) in [6, 6.07) is 5.99. The van der Waals surface area contributed by atoms with Crippen LogP contribution in [0.25, 0.3) is 5.65 Å². The standard InChI is InChI=1S/C15H19N3O2/c1-20-15(19)13-6-4-7-14-17-12(10-18(13)14)9-11-5-2-3-8-16-11/h4,6-7,10-11,16H,2-3,5,8-9H2,1H3. The monoisotopic (exact) mass is 273 g/mol. The molecule has 1 fully saturated rings. The van der Waals surface area contributed by atoms with E-state index in [9.17, 15) is 4.79 Å². The first kappa shape index (κ1) is 13.1. The summed E-state index contributed by atoms with van der Waals surface area (Å²) in [6.45, 7) is 1.09. The minimum atomic E-state index is -0.338. The Kier molecular flexibility index (Phi) is 3.69. The van der Waals surface area contributed by atoms with Crippen LogP contribution in [-0.2, 0) is 11.2 Å². The summed E-state index contributed by atoms with van der Waals surface area (Å²) in [5, 5.41) is 3.52. The van der Waals surface area contributed by atoms with Crippen molar-refractivity contribution in [1.29, 1.82) is 0 Å². The lowest BCUT2D eigenvalue weighted by atomic mass is 10.0. The van der Waals surface area contributed by atoms with Crippen molar-refractivity contribution in [3.05, 3.63) is 35.8 Å². The summed E-state index contributed by atoms with van der Waals surface area (Å²) in [4.78, 5) is 16.3. The van der Waals surface area contributed by atoms with Gasteiger partial charge in [-0.25, -0.2) is 9.78 Å². The van der Waals surface area contributed by atoms with Gasteiger partial charge in [-0.15, -0.1) is 0 Å². The van der Waals surface area contributed by atoms with Gasteiger partial charge in [0.05, 0.1) is 12.8 Å². The number of esters is 1. The lowest BCUT2D eigenvalue weighted by Gasteiger charge is -2.22. The number of rotatable bonds is 3. The van der Waals surface area contributed by atoms with Crippen molar-refractivity contribution >= 4 is 11.6 Å². The molecule has 1 unspecified atom stereocenters. The number of piperidine rings is 1. The Morgan fingerprint density at radius 3 is 3.15 bits per heavy atom. The molecule has 0 aromatic carbocycles. The molecule has 3 rings (SSSR count). The number of imidazole rings is 1. The molecule has 3 heterocycles. The molecule has 0 aliphatic carbocycles. The highest BCUT2D eigenvalue weighted by atomic mass is 16.5. The minimum Gasteiger partial charge on any atom is -0.464 e. The molecular weight excluding hydrogens is 254 g/mol. The highest BCUT2D eigenvalue weighted by molar-refractivity contribution is 5.88. The molecule has 0 radical (unpaired) electrons. The molecular formula is C15H19N3O2. The van der Waals surface area contributed by atoms with E-state index in [1.807, 2.05) is 22.7 Å². The van der Waals surface area contributed by atoms with Crippen LogP contribution in [0.3, 0.4) is 0 Å². The van der Waals surface area contributed by atoms with Crippen LogP contribution in [0.2, 0.25) is 0 Å². The molecule has 1 aliphatic rings. The maximum atomic E-state index is 11.7. The third-order valence-electron chi connectivity index (χ3n) is 3.80. The maximum absolute atomic E-state index is 11.7. The van der Waals surface area contributed by atoms with Crippen molar-refractivity contribution in [2.24, 2.45) is 0 Å². The second-order valence-corrected chi connectivity index (χ2v) is 5.21. The number of aromatic nitrogens is 2. The number of hydrogen-bond acceptors (Lipinski definition) is 4. The lowest BCUT2D eigenvalue weighted by Crippen LogP contribution is -2.35. The van der Waals surface area contributed by atoms with Crippen molar-refractivity contribution in [3.8, 4) is 0 Å². The van der Waals surface area contributed by atoms with E-state index >= 15 is 0 Å². The van der Waals surface area contributed by atoms with Crippen LogP contribution >= 0.6 is 0 Å². The first-order chi connectivity index (χ1) is 9.78. The Morgan fingerprint density at radius 1 is 1.50 bits per heavy atom. The largest absolute Gasteiger partial charge is 0.464 e.